The molecule has 0 bridgehead atoms. The van der Waals surface area contributed by atoms with Crippen molar-refractivity contribution in [3.05, 3.63) is 0 Å². The van der Waals surface area contributed by atoms with Crippen LogP contribution in [0.25, 0.3) is 0 Å². The third kappa shape index (κ3) is 10.0. The van der Waals surface area contributed by atoms with E-state index >= 15 is 0 Å². The Hall–Kier alpha value is 0.0600. The van der Waals surface area contributed by atoms with Crippen LogP contribution in [0.2, 0.25) is 0 Å². The summed E-state index contributed by atoms with van der Waals surface area (Å²) in [6.07, 6.45) is 0. The topological polar surface area (TPSA) is 127 Å². The van der Waals surface area contributed by atoms with Crippen LogP contribution >= 0.6 is 34.2 Å². The largest absolute Gasteiger partial charge is 0.347 e. The van der Waals surface area contributed by atoms with Gasteiger partial charge in [0, 0.05) is 11.5 Å². The van der Waals surface area contributed by atoms with Gasteiger partial charge in [-0.05, 0) is 10.8 Å². The Balaban J connectivity index is 3.70. The zero-order chi connectivity index (χ0) is 14.2. The number of carbonyl (C=O) groups is 2. The first-order chi connectivity index (χ1) is 8.26. The van der Waals surface area contributed by atoms with Crippen molar-refractivity contribution in [2.24, 2.45) is 5.73 Å². The fraction of sp³-hybridized carbons (Fsp3) is 0.714. The quantitative estimate of drug-likeness (QED) is 0.196. The highest BCUT2D eigenvalue weighted by Gasteiger charge is 2.13. The maximum absolute atomic E-state index is 11.2. The molecular weight excluding hydrogens is 320 g/mol. The van der Waals surface area contributed by atoms with Crippen molar-refractivity contribution >= 4 is 55.4 Å². The average molecular weight is 334 g/mol. The number of amides is 1. The van der Waals surface area contributed by atoms with Gasteiger partial charge >= 0.3 is 0 Å². The third-order valence-corrected chi connectivity index (χ3v) is 5.12. The maximum Gasteiger partial charge on any atom is 0.265 e. The van der Waals surface area contributed by atoms with Gasteiger partial charge in [0.25, 0.3) is 10.1 Å². The second kappa shape index (κ2) is 9.04. The van der Waals surface area contributed by atoms with Crippen LogP contribution in [-0.4, -0.2) is 53.8 Å². The Kier molecular flexibility index (Phi) is 9.07. The maximum atomic E-state index is 11.2. The number of nitrogens with two attached hydrogens (primary N) is 1. The van der Waals surface area contributed by atoms with Gasteiger partial charge in [0.05, 0.1) is 18.3 Å². The predicted molar refractivity (Wildman–Crippen MR) is 76.3 cm³/mol. The van der Waals surface area contributed by atoms with E-state index in [9.17, 15) is 18.0 Å². The monoisotopic (exact) mass is 334 g/mol. The molecule has 7 nitrogen and oxygen atoms in total. The van der Waals surface area contributed by atoms with Gasteiger partial charge in [-0.1, -0.05) is 10.8 Å². The third-order valence-electron chi connectivity index (χ3n) is 1.52. The average Bonchev–Trinajstić information content (AvgIpc) is 2.29. The van der Waals surface area contributed by atoms with Crippen molar-refractivity contribution < 1.29 is 22.6 Å². The number of hydrogen-bond acceptors (Lipinski definition) is 8. The molecule has 0 fully saturated rings. The van der Waals surface area contributed by atoms with Crippen molar-refractivity contribution in [2.75, 3.05) is 23.8 Å². The van der Waals surface area contributed by atoms with Gasteiger partial charge < -0.3 is 11.1 Å². The van der Waals surface area contributed by atoms with Crippen molar-refractivity contribution in [3.63, 3.8) is 0 Å². The SMILES string of the molecule is NC(CS)C(=O)NCC(=O)SSCCS(=O)(=O)O. The van der Waals surface area contributed by atoms with Crippen molar-refractivity contribution in [1.29, 1.82) is 0 Å². The molecule has 18 heavy (non-hydrogen) atoms. The molecule has 0 saturated carbocycles. The van der Waals surface area contributed by atoms with Crippen molar-refractivity contribution in [3.8, 4) is 0 Å². The summed E-state index contributed by atoms with van der Waals surface area (Å²) in [4.78, 5) is 22.4. The number of thiol groups is 1. The van der Waals surface area contributed by atoms with Crippen LogP contribution in [0.5, 0.6) is 0 Å². The van der Waals surface area contributed by atoms with Gasteiger partial charge in [-0.3, -0.25) is 14.1 Å². The first kappa shape index (κ1) is 18.1. The minimum atomic E-state index is -4.00. The molecule has 0 saturated heterocycles. The normalized spacial score (nSPS) is 13.1. The summed E-state index contributed by atoms with van der Waals surface area (Å²) in [5.74, 6) is -0.633. The Morgan fingerprint density at radius 1 is 1.44 bits per heavy atom. The lowest BCUT2D eigenvalue weighted by atomic mass is 10.3. The van der Waals surface area contributed by atoms with E-state index in [-0.39, 0.29) is 23.2 Å². The highest BCUT2D eigenvalue weighted by molar-refractivity contribution is 8.82. The molecule has 0 spiro atoms. The van der Waals surface area contributed by atoms with Gasteiger partial charge in [0.15, 0.2) is 0 Å². The van der Waals surface area contributed by atoms with Gasteiger partial charge in [0.2, 0.25) is 11.0 Å². The van der Waals surface area contributed by atoms with Crippen LogP contribution in [0.4, 0.5) is 0 Å². The lowest BCUT2D eigenvalue weighted by Crippen LogP contribution is -2.43. The van der Waals surface area contributed by atoms with Crippen LogP contribution in [0.1, 0.15) is 0 Å². The fourth-order valence-electron chi connectivity index (χ4n) is 0.649. The van der Waals surface area contributed by atoms with Crippen LogP contribution in [-0.2, 0) is 19.7 Å². The molecule has 4 N–H and O–H groups in total. The second-order valence-corrected chi connectivity index (χ2v) is 7.48. The molecule has 0 rings (SSSR count). The molecular formula is C7H14N2O5S4. The molecule has 106 valence electrons. The summed E-state index contributed by atoms with van der Waals surface area (Å²) < 4.78 is 29.2. The minimum absolute atomic E-state index is 0.0827. The molecule has 0 aromatic heterocycles. The molecule has 0 heterocycles. The van der Waals surface area contributed by atoms with E-state index in [2.05, 4.69) is 17.9 Å². The molecule has 0 aliphatic heterocycles. The van der Waals surface area contributed by atoms with E-state index in [1.807, 2.05) is 0 Å². The molecule has 0 aromatic rings. The Bertz CT molecular complexity index is 385. The smallest absolute Gasteiger partial charge is 0.265 e. The van der Waals surface area contributed by atoms with Crippen LogP contribution < -0.4 is 11.1 Å². The number of carbonyl (C=O) groups excluding carboxylic acids is 2. The number of nitrogens with one attached hydrogen (secondary N) is 1. The van der Waals surface area contributed by atoms with Crippen molar-refractivity contribution in [1.82, 2.24) is 5.32 Å². The molecule has 0 aliphatic rings. The van der Waals surface area contributed by atoms with E-state index < -0.39 is 27.8 Å². The first-order valence-corrected chi connectivity index (χ1v) is 9.24. The second-order valence-electron chi connectivity index (χ2n) is 3.07. The highest BCUT2D eigenvalue weighted by atomic mass is 33.1. The summed E-state index contributed by atoms with van der Waals surface area (Å²) in [5.41, 5.74) is 5.37. The lowest BCUT2D eigenvalue weighted by molar-refractivity contribution is -0.123. The highest BCUT2D eigenvalue weighted by Crippen LogP contribution is 2.21. The fourth-order valence-corrected chi connectivity index (χ4v) is 3.71. The Labute approximate surface area is 119 Å². The van der Waals surface area contributed by atoms with Gasteiger partial charge in [-0.15, -0.1) is 0 Å². The zero-order valence-electron chi connectivity index (χ0n) is 9.24. The summed E-state index contributed by atoms with van der Waals surface area (Å²) in [6.45, 7) is -0.191. The summed E-state index contributed by atoms with van der Waals surface area (Å²) >= 11 is 3.83. The minimum Gasteiger partial charge on any atom is -0.347 e. The zero-order valence-corrected chi connectivity index (χ0v) is 12.6. The van der Waals surface area contributed by atoms with E-state index in [0.29, 0.717) is 0 Å². The molecule has 0 aromatic carbocycles. The van der Waals surface area contributed by atoms with E-state index in [1.54, 1.807) is 0 Å². The molecule has 1 unspecified atom stereocenters. The van der Waals surface area contributed by atoms with Gasteiger partial charge in [0.1, 0.15) is 0 Å². The summed E-state index contributed by atoms with van der Waals surface area (Å²) in [7, 11) is -2.21. The van der Waals surface area contributed by atoms with E-state index in [0.717, 1.165) is 21.6 Å². The first-order valence-electron chi connectivity index (χ1n) is 4.68. The molecule has 11 heteroatoms. The number of rotatable bonds is 8. The van der Waals surface area contributed by atoms with Crippen molar-refractivity contribution in [2.45, 2.75) is 6.04 Å². The number of hydrogen-bond donors (Lipinski definition) is 4. The van der Waals surface area contributed by atoms with Crippen LogP contribution in [0.3, 0.4) is 0 Å². The Morgan fingerprint density at radius 2 is 2.06 bits per heavy atom. The van der Waals surface area contributed by atoms with Gasteiger partial charge in [-0.2, -0.15) is 21.0 Å². The van der Waals surface area contributed by atoms with Crippen LogP contribution in [0, 0.1) is 0 Å². The van der Waals surface area contributed by atoms with E-state index in [1.165, 1.54) is 0 Å². The molecule has 1 atom stereocenters. The summed E-state index contributed by atoms with van der Waals surface area (Å²) in [5, 5.41) is 1.99. The van der Waals surface area contributed by atoms with E-state index in [4.69, 9.17) is 10.3 Å². The van der Waals surface area contributed by atoms with Crippen LogP contribution in [0.15, 0.2) is 0 Å². The standard InChI is InChI=1S/C7H14N2O5S4/c8-5(4-15)7(11)9-3-6(10)17-16-1-2-18(12,13)14/h5,15H,1-4,8H2,(H,9,11)(H,12,13,14). The molecule has 1 amide bonds. The molecule has 0 aliphatic carbocycles. The predicted octanol–water partition coefficient (Wildman–Crippen LogP) is -0.844. The lowest BCUT2D eigenvalue weighted by Gasteiger charge is -2.08. The summed E-state index contributed by atoms with van der Waals surface area (Å²) in [6, 6.07) is -0.765. The molecule has 0 radical (unpaired) electrons. The Morgan fingerprint density at radius 3 is 2.56 bits per heavy atom. The van der Waals surface area contributed by atoms with Gasteiger partial charge in [-0.25, -0.2) is 0 Å².